The number of aryl methyl sites for hydroxylation is 1. The molecule has 0 aromatic heterocycles. The summed E-state index contributed by atoms with van der Waals surface area (Å²) in [5.41, 5.74) is 9.74. The Balaban J connectivity index is 2.19. The summed E-state index contributed by atoms with van der Waals surface area (Å²) >= 11 is 0. The lowest BCUT2D eigenvalue weighted by Gasteiger charge is -2.19. The molecule has 1 atom stereocenters. The lowest BCUT2D eigenvalue weighted by Crippen LogP contribution is -2.30. The molecule has 0 saturated heterocycles. The third-order valence-corrected chi connectivity index (χ3v) is 3.58. The Morgan fingerprint density at radius 3 is 2.55 bits per heavy atom. The zero-order chi connectivity index (χ0) is 15.9. The summed E-state index contributed by atoms with van der Waals surface area (Å²) in [4.78, 5) is 12.2. The van der Waals surface area contributed by atoms with E-state index in [2.05, 4.69) is 5.32 Å². The van der Waals surface area contributed by atoms with Gasteiger partial charge in [-0.2, -0.15) is 0 Å². The molecule has 0 aliphatic carbocycles. The van der Waals surface area contributed by atoms with E-state index in [0.717, 1.165) is 22.4 Å². The van der Waals surface area contributed by atoms with Crippen molar-refractivity contribution in [2.45, 2.75) is 26.4 Å². The summed E-state index contributed by atoms with van der Waals surface area (Å²) in [6.45, 7) is 4.68. The summed E-state index contributed by atoms with van der Waals surface area (Å²) in [6.07, 6.45) is 0. The number of hydrogen-bond acceptors (Lipinski definition) is 4. The van der Waals surface area contributed by atoms with Crippen LogP contribution in [0.2, 0.25) is 0 Å². The van der Waals surface area contributed by atoms with Crippen molar-refractivity contribution in [2.75, 3.05) is 12.3 Å². The van der Waals surface area contributed by atoms with Gasteiger partial charge in [0.1, 0.15) is 6.04 Å². The number of nitrogen functional groups attached to an aromatic ring is 1. The van der Waals surface area contributed by atoms with Gasteiger partial charge in [0.15, 0.2) is 0 Å². The molecule has 0 amide bonds. The van der Waals surface area contributed by atoms with Crippen molar-refractivity contribution < 1.29 is 9.53 Å². The first-order valence-corrected chi connectivity index (χ1v) is 7.42. The van der Waals surface area contributed by atoms with E-state index in [4.69, 9.17) is 10.5 Å². The van der Waals surface area contributed by atoms with Gasteiger partial charge in [-0.3, -0.25) is 5.32 Å². The molecule has 0 heterocycles. The average molecular weight is 298 g/mol. The molecule has 0 spiro atoms. The molecule has 0 bridgehead atoms. The van der Waals surface area contributed by atoms with Gasteiger partial charge in [0, 0.05) is 12.2 Å². The van der Waals surface area contributed by atoms with Crippen molar-refractivity contribution in [2.24, 2.45) is 0 Å². The normalized spacial score (nSPS) is 11.9. The van der Waals surface area contributed by atoms with Gasteiger partial charge in [-0.05, 0) is 36.6 Å². The minimum Gasteiger partial charge on any atom is -0.465 e. The monoisotopic (exact) mass is 298 g/mol. The molecule has 4 heteroatoms. The van der Waals surface area contributed by atoms with Crippen LogP contribution in [0.3, 0.4) is 0 Å². The quantitative estimate of drug-likeness (QED) is 0.635. The van der Waals surface area contributed by atoms with E-state index in [1.807, 2.05) is 55.5 Å². The van der Waals surface area contributed by atoms with Gasteiger partial charge in [0.05, 0.1) is 6.61 Å². The van der Waals surface area contributed by atoms with Gasteiger partial charge < -0.3 is 10.5 Å². The van der Waals surface area contributed by atoms with E-state index >= 15 is 0 Å². The molecule has 22 heavy (non-hydrogen) atoms. The van der Waals surface area contributed by atoms with Crippen LogP contribution in [-0.4, -0.2) is 12.6 Å². The number of rotatable bonds is 6. The smallest absolute Gasteiger partial charge is 0.327 e. The van der Waals surface area contributed by atoms with Crippen molar-refractivity contribution in [3.05, 3.63) is 65.2 Å². The summed E-state index contributed by atoms with van der Waals surface area (Å²) in [5.74, 6) is -0.277. The van der Waals surface area contributed by atoms with Crippen LogP contribution in [0.4, 0.5) is 5.69 Å². The van der Waals surface area contributed by atoms with Gasteiger partial charge in [-0.15, -0.1) is 0 Å². The molecule has 2 aromatic rings. The van der Waals surface area contributed by atoms with Crippen LogP contribution < -0.4 is 11.1 Å². The second-order valence-corrected chi connectivity index (χ2v) is 5.12. The largest absolute Gasteiger partial charge is 0.465 e. The summed E-state index contributed by atoms with van der Waals surface area (Å²) in [6, 6.07) is 14.9. The highest BCUT2D eigenvalue weighted by molar-refractivity contribution is 5.77. The first-order valence-electron chi connectivity index (χ1n) is 7.42. The second kappa shape index (κ2) is 7.61. The molecule has 0 aliphatic rings. The summed E-state index contributed by atoms with van der Waals surface area (Å²) in [7, 11) is 0. The Bertz CT molecular complexity index is 606. The van der Waals surface area contributed by atoms with Crippen LogP contribution in [0.25, 0.3) is 0 Å². The zero-order valence-corrected chi connectivity index (χ0v) is 13.0. The summed E-state index contributed by atoms with van der Waals surface area (Å²) < 4.78 is 5.17. The van der Waals surface area contributed by atoms with Crippen LogP contribution in [0, 0.1) is 6.92 Å². The van der Waals surface area contributed by atoms with Crippen molar-refractivity contribution in [1.82, 2.24) is 5.32 Å². The van der Waals surface area contributed by atoms with Crippen LogP contribution in [0.5, 0.6) is 0 Å². The Morgan fingerprint density at radius 1 is 1.18 bits per heavy atom. The highest BCUT2D eigenvalue weighted by Gasteiger charge is 2.21. The van der Waals surface area contributed by atoms with E-state index in [0.29, 0.717) is 13.2 Å². The third-order valence-electron chi connectivity index (χ3n) is 3.58. The third kappa shape index (κ3) is 3.86. The number of carbonyl (C=O) groups is 1. The average Bonchev–Trinajstić information content (AvgIpc) is 2.51. The predicted molar refractivity (Wildman–Crippen MR) is 88.2 cm³/mol. The number of ether oxygens (including phenoxy) is 1. The number of anilines is 1. The topological polar surface area (TPSA) is 64.3 Å². The van der Waals surface area contributed by atoms with Gasteiger partial charge in [0.25, 0.3) is 0 Å². The Hall–Kier alpha value is -2.33. The molecule has 0 fully saturated rings. The molecular formula is C18H22N2O2. The molecule has 116 valence electrons. The fourth-order valence-corrected chi connectivity index (χ4v) is 2.38. The van der Waals surface area contributed by atoms with Crippen molar-refractivity contribution in [3.63, 3.8) is 0 Å². The molecule has 2 rings (SSSR count). The fraction of sp³-hybridized carbons (Fsp3) is 0.278. The maximum Gasteiger partial charge on any atom is 0.327 e. The maximum absolute atomic E-state index is 12.2. The highest BCUT2D eigenvalue weighted by atomic mass is 16.5. The van der Waals surface area contributed by atoms with Crippen LogP contribution in [0.1, 0.15) is 29.7 Å². The number of nitrogens with two attached hydrogens (primary N) is 1. The standard InChI is InChI=1S/C18H22N2O2/c1-3-22-18(21)17(14-9-5-4-6-10-14)20-12-15-13(2)8-7-11-16(15)19/h4-11,17,20H,3,12,19H2,1-2H3/t17-/m0/s1. The molecule has 0 unspecified atom stereocenters. The van der Waals surface area contributed by atoms with Crippen LogP contribution >= 0.6 is 0 Å². The lowest BCUT2D eigenvalue weighted by atomic mass is 10.0. The number of benzene rings is 2. The van der Waals surface area contributed by atoms with Crippen molar-refractivity contribution in [3.8, 4) is 0 Å². The maximum atomic E-state index is 12.2. The van der Waals surface area contributed by atoms with E-state index in [1.165, 1.54) is 0 Å². The van der Waals surface area contributed by atoms with E-state index in [1.54, 1.807) is 6.92 Å². The molecule has 0 aliphatic heterocycles. The van der Waals surface area contributed by atoms with Gasteiger partial charge in [0.2, 0.25) is 0 Å². The van der Waals surface area contributed by atoms with E-state index in [9.17, 15) is 4.79 Å². The van der Waals surface area contributed by atoms with E-state index < -0.39 is 6.04 Å². The van der Waals surface area contributed by atoms with Crippen molar-refractivity contribution in [1.29, 1.82) is 0 Å². The SMILES string of the molecule is CCOC(=O)[C@@H](NCc1c(C)cccc1N)c1ccccc1. The zero-order valence-electron chi connectivity index (χ0n) is 13.0. The Morgan fingerprint density at radius 2 is 1.91 bits per heavy atom. The van der Waals surface area contributed by atoms with Crippen LogP contribution in [0.15, 0.2) is 48.5 Å². The lowest BCUT2D eigenvalue weighted by molar-refractivity contribution is -0.145. The Labute approximate surface area is 131 Å². The molecule has 3 N–H and O–H groups in total. The first kappa shape index (κ1) is 16.0. The minimum atomic E-state index is -0.500. The van der Waals surface area contributed by atoms with Gasteiger partial charge in [-0.25, -0.2) is 4.79 Å². The molecule has 0 radical (unpaired) electrons. The minimum absolute atomic E-state index is 0.277. The highest BCUT2D eigenvalue weighted by Crippen LogP contribution is 2.19. The number of nitrogens with one attached hydrogen (secondary N) is 1. The van der Waals surface area contributed by atoms with Gasteiger partial charge in [-0.1, -0.05) is 42.5 Å². The number of hydrogen-bond donors (Lipinski definition) is 2. The molecule has 2 aromatic carbocycles. The molecule has 0 saturated carbocycles. The second-order valence-electron chi connectivity index (χ2n) is 5.12. The molecule has 4 nitrogen and oxygen atoms in total. The van der Waals surface area contributed by atoms with E-state index in [-0.39, 0.29) is 5.97 Å². The van der Waals surface area contributed by atoms with Gasteiger partial charge >= 0.3 is 5.97 Å². The van der Waals surface area contributed by atoms with Crippen molar-refractivity contribution >= 4 is 11.7 Å². The Kier molecular flexibility index (Phi) is 5.55. The fourth-order valence-electron chi connectivity index (χ4n) is 2.38. The first-order chi connectivity index (χ1) is 10.6. The number of carbonyl (C=O) groups excluding carboxylic acids is 1. The predicted octanol–water partition coefficient (Wildman–Crippen LogP) is 2.97. The van der Waals surface area contributed by atoms with Crippen LogP contribution in [-0.2, 0) is 16.1 Å². The summed E-state index contributed by atoms with van der Waals surface area (Å²) in [5, 5.41) is 3.26. The number of esters is 1. The molecular weight excluding hydrogens is 276 g/mol.